The van der Waals surface area contributed by atoms with Crippen LogP contribution in [0.4, 0.5) is 4.39 Å². The number of methoxy groups -OCH3 is 1. The first-order valence-electron chi connectivity index (χ1n) is 7.09. The summed E-state index contributed by atoms with van der Waals surface area (Å²) in [6.07, 6.45) is 3.54. The molecule has 0 bridgehead atoms. The summed E-state index contributed by atoms with van der Waals surface area (Å²) in [4.78, 5) is 16.9. The van der Waals surface area contributed by atoms with Crippen LogP contribution in [0.2, 0.25) is 0 Å². The van der Waals surface area contributed by atoms with E-state index in [1.54, 1.807) is 23.6 Å². The number of rotatable bonds is 7. The Hall–Kier alpha value is -1.95. The van der Waals surface area contributed by atoms with E-state index in [2.05, 4.69) is 10.3 Å². The molecule has 0 aliphatic carbocycles. The van der Waals surface area contributed by atoms with E-state index in [9.17, 15) is 9.18 Å². The van der Waals surface area contributed by atoms with Crippen molar-refractivity contribution < 1.29 is 13.9 Å². The van der Waals surface area contributed by atoms with Crippen molar-refractivity contribution in [3.63, 3.8) is 0 Å². The molecule has 0 aliphatic heterocycles. The molecule has 0 saturated carbocycles. The number of hydrogen-bond acceptors (Lipinski definition) is 4. The van der Waals surface area contributed by atoms with Crippen molar-refractivity contribution in [2.24, 2.45) is 0 Å². The van der Waals surface area contributed by atoms with Crippen molar-refractivity contribution in [3.05, 3.63) is 45.7 Å². The van der Waals surface area contributed by atoms with Crippen LogP contribution >= 0.6 is 11.3 Å². The van der Waals surface area contributed by atoms with Crippen LogP contribution < -0.4 is 10.1 Å². The molecule has 0 spiro atoms. The molecule has 0 atom stereocenters. The lowest BCUT2D eigenvalue weighted by molar-refractivity contribution is -0.121. The van der Waals surface area contributed by atoms with Crippen LogP contribution in [0.3, 0.4) is 0 Å². The van der Waals surface area contributed by atoms with Crippen molar-refractivity contribution in [1.82, 2.24) is 10.3 Å². The number of carbonyl (C=O) groups excluding carboxylic acids is 1. The maximum Gasteiger partial charge on any atom is 0.220 e. The minimum Gasteiger partial charge on any atom is -0.494 e. The van der Waals surface area contributed by atoms with Crippen LogP contribution in [0.15, 0.2) is 24.4 Å². The van der Waals surface area contributed by atoms with E-state index in [0.29, 0.717) is 25.8 Å². The molecule has 1 aromatic heterocycles. The van der Waals surface area contributed by atoms with Gasteiger partial charge in [0.1, 0.15) is 0 Å². The second-order valence-electron chi connectivity index (χ2n) is 4.94. The van der Waals surface area contributed by atoms with Crippen LogP contribution in [0.1, 0.15) is 28.3 Å². The van der Waals surface area contributed by atoms with Gasteiger partial charge in [0.25, 0.3) is 0 Å². The van der Waals surface area contributed by atoms with Crippen molar-refractivity contribution in [2.75, 3.05) is 7.11 Å². The predicted molar refractivity (Wildman–Crippen MR) is 84.6 cm³/mol. The largest absolute Gasteiger partial charge is 0.494 e. The number of hydrogen-bond donors (Lipinski definition) is 1. The van der Waals surface area contributed by atoms with Crippen LogP contribution in [-0.4, -0.2) is 18.0 Å². The highest BCUT2D eigenvalue weighted by molar-refractivity contribution is 7.11. The average Bonchev–Trinajstić information content (AvgIpc) is 2.91. The van der Waals surface area contributed by atoms with Gasteiger partial charge in [-0.15, -0.1) is 11.3 Å². The van der Waals surface area contributed by atoms with Gasteiger partial charge in [-0.3, -0.25) is 4.79 Å². The van der Waals surface area contributed by atoms with Gasteiger partial charge in [0.15, 0.2) is 11.6 Å². The number of amides is 1. The zero-order chi connectivity index (χ0) is 15.9. The van der Waals surface area contributed by atoms with Gasteiger partial charge >= 0.3 is 0 Å². The number of aromatic nitrogens is 1. The first-order valence-corrected chi connectivity index (χ1v) is 7.90. The Labute approximate surface area is 133 Å². The molecule has 2 aromatic rings. The molecule has 4 nitrogen and oxygen atoms in total. The summed E-state index contributed by atoms with van der Waals surface area (Å²) in [7, 11) is 1.44. The Morgan fingerprint density at radius 3 is 2.91 bits per heavy atom. The van der Waals surface area contributed by atoms with Gasteiger partial charge in [0, 0.05) is 17.5 Å². The normalized spacial score (nSPS) is 10.5. The van der Waals surface area contributed by atoms with E-state index in [0.717, 1.165) is 15.4 Å². The quantitative estimate of drug-likeness (QED) is 0.851. The Morgan fingerprint density at radius 1 is 1.45 bits per heavy atom. The minimum atomic E-state index is -0.370. The molecule has 0 aliphatic rings. The molecule has 118 valence electrons. The Balaban J connectivity index is 1.71. The van der Waals surface area contributed by atoms with E-state index in [1.165, 1.54) is 13.2 Å². The molecule has 1 aromatic carbocycles. The van der Waals surface area contributed by atoms with Gasteiger partial charge in [-0.2, -0.15) is 0 Å². The van der Waals surface area contributed by atoms with E-state index in [4.69, 9.17) is 4.74 Å². The lowest BCUT2D eigenvalue weighted by Crippen LogP contribution is -2.22. The van der Waals surface area contributed by atoms with Crippen LogP contribution in [0.25, 0.3) is 0 Å². The Bertz CT molecular complexity index is 643. The SMILES string of the molecule is COc1ccc(CCCC(=O)NCc2cnc(C)s2)cc1F. The number of nitrogens with zero attached hydrogens (tertiary/aromatic N) is 1. The summed E-state index contributed by atoms with van der Waals surface area (Å²) < 4.78 is 18.4. The Kier molecular flexibility index (Phi) is 5.89. The molecule has 0 fully saturated rings. The third-order valence-corrected chi connectivity index (χ3v) is 4.13. The molecule has 0 radical (unpaired) electrons. The topological polar surface area (TPSA) is 51.2 Å². The highest BCUT2D eigenvalue weighted by Gasteiger charge is 2.06. The number of ether oxygens (including phenoxy) is 1. The molecule has 0 saturated heterocycles. The molecule has 1 N–H and O–H groups in total. The van der Waals surface area contributed by atoms with Gasteiger partial charge in [0.2, 0.25) is 5.91 Å². The molecule has 0 unspecified atom stereocenters. The summed E-state index contributed by atoms with van der Waals surface area (Å²) in [5, 5.41) is 3.86. The molecular weight excluding hydrogens is 303 g/mol. The summed E-state index contributed by atoms with van der Waals surface area (Å²) >= 11 is 1.58. The standard InChI is InChI=1S/C16H19FN2O2S/c1-11-18-9-13(22-11)10-19-16(20)5-3-4-12-6-7-15(21-2)14(17)8-12/h6-9H,3-5,10H2,1-2H3,(H,19,20). The second-order valence-corrected chi connectivity index (χ2v) is 6.26. The number of halogens is 1. The van der Waals surface area contributed by atoms with Crippen molar-refractivity contribution in [2.45, 2.75) is 32.7 Å². The highest BCUT2D eigenvalue weighted by Crippen LogP contribution is 2.18. The summed E-state index contributed by atoms with van der Waals surface area (Å²) in [5.74, 6) is -0.133. The lowest BCUT2D eigenvalue weighted by Gasteiger charge is -2.06. The number of carbonyl (C=O) groups is 1. The number of aryl methyl sites for hydroxylation is 2. The highest BCUT2D eigenvalue weighted by atomic mass is 32.1. The van der Waals surface area contributed by atoms with Crippen LogP contribution in [0.5, 0.6) is 5.75 Å². The number of thiazole rings is 1. The van der Waals surface area contributed by atoms with Gasteiger partial charge in [-0.25, -0.2) is 9.37 Å². The molecule has 2 rings (SSSR count). The maximum atomic E-state index is 13.5. The maximum absolute atomic E-state index is 13.5. The summed E-state index contributed by atoms with van der Waals surface area (Å²) in [6.45, 7) is 2.45. The molecular formula is C16H19FN2O2S. The first-order chi connectivity index (χ1) is 10.6. The number of benzene rings is 1. The van der Waals surface area contributed by atoms with Crippen molar-refractivity contribution in [3.8, 4) is 5.75 Å². The molecule has 1 heterocycles. The second kappa shape index (κ2) is 7.89. The third-order valence-electron chi connectivity index (χ3n) is 3.21. The zero-order valence-electron chi connectivity index (χ0n) is 12.7. The number of nitrogens with one attached hydrogen (secondary N) is 1. The van der Waals surface area contributed by atoms with Gasteiger partial charge in [-0.05, 0) is 37.5 Å². The molecule has 22 heavy (non-hydrogen) atoms. The lowest BCUT2D eigenvalue weighted by atomic mass is 10.1. The first kappa shape index (κ1) is 16.4. The predicted octanol–water partition coefficient (Wildman–Crippen LogP) is 3.24. The molecule has 6 heteroatoms. The van der Waals surface area contributed by atoms with E-state index >= 15 is 0 Å². The summed E-state index contributed by atoms with van der Waals surface area (Å²) in [6, 6.07) is 4.88. The fraction of sp³-hybridized carbons (Fsp3) is 0.375. The van der Waals surface area contributed by atoms with Crippen LogP contribution in [-0.2, 0) is 17.8 Å². The zero-order valence-corrected chi connectivity index (χ0v) is 13.5. The average molecular weight is 322 g/mol. The minimum absolute atomic E-state index is 0.0000340. The van der Waals surface area contributed by atoms with Gasteiger partial charge < -0.3 is 10.1 Å². The van der Waals surface area contributed by atoms with Gasteiger partial charge in [0.05, 0.1) is 18.7 Å². The van der Waals surface area contributed by atoms with E-state index in [1.807, 2.05) is 13.0 Å². The van der Waals surface area contributed by atoms with E-state index < -0.39 is 0 Å². The van der Waals surface area contributed by atoms with Crippen molar-refractivity contribution >= 4 is 17.2 Å². The smallest absolute Gasteiger partial charge is 0.220 e. The van der Waals surface area contributed by atoms with E-state index in [-0.39, 0.29) is 17.5 Å². The van der Waals surface area contributed by atoms with Crippen molar-refractivity contribution in [1.29, 1.82) is 0 Å². The molecule has 1 amide bonds. The van der Waals surface area contributed by atoms with Gasteiger partial charge in [-0.1, -0.05) is 6.07 Å². The van der Waals surface area contributed by atoms with Crippen LogP contribution in [0, 0.1) is 12.7 Å². The Morgan fingerprint density at radius 2 is 2.27 bits per heavy atom. The summed E-state index contributed by atoms with van der Waals surface area (Å²) in [5.41, 5.74) is 0.865. The fourth-order valence-electron chi connectivity index (χ4n) is 2.08. The monoisotopic (exact) mass is 322 g/mol. The fourth-order valence-corrected chi connectivity index (χ4v) is 2.81. The third kappa shape index (κ3) is 4.80.